The van der Waals surface area contributed by atoms with Crippen LogP contribution in [0.1, 0.15) is 16.8 Å². The minimum Gasteiger partial charge on any atom is -0.493 e. The lowest BCUT2D eigenvalue weighted by atomic mass is 9.73. The molecule has 10 nitrogen and oxygen atoms in total. The Bertz CT molecular complexity index is 1860. The normalized spacial score (nSPS) is 16.4. The van der Waals surface area contributed by atoms with Crippen LogP contribution in [0.5, 0.6) is 23.0 Å². The van der Waals surface area contributed by atoms with Crippen molar-refractivity contribution in [2.45, 2.75) is 12.0 Å². The summed E-state index contributed by atoms with van der Waals surface area (Å²) in [4.78, 5) is 41.2. The largest absolute Gasteiger partial charge is 0.493 e. The Morgan fingerprint density at radius 1 is 0.909 bits per heavy atom. The van der Waals surface area contributed by atoms with Gasteiger partial charge in [-0.2, -0.15) is 0 Å². The molecule has 1 unspecified atom stereocenters. The van der Waals surface area contributed by atoms with E-state index in [1.807, 2.05) is 54.6 Å². The van der Waals surface area contributed by atoms with Gasteiger partial charge in [-0.1, -0.05) is 36.4 Å². The van der Waals surface area contributed by atoms with E-state index in [4.69, 9.17) is 24.9 Å². The van der Waals surface area contributed by atoms with E-state index in [0.717, 1.165) is 16.5 Å². The Morgan fingerprint density at radius 2 is 1.70 bits per heavy atom. The molecule has 0 bridgehead atoms. The summed E-state index contributed by atoms with van der Waals surface area (Å²) in [6.07, 6.45) is 8.26. The van der Waals surface area contributed by atoms with Crippen LogP contribution in [0.4, 0.5) is 0 Å². The van der Waals surface area contributed by atoms with Gasteiger partial charge in [0.1, 0.15) is 17.1 Å². The van der Waals surface area contributed by atoms with Crippen LogP contribution in [0.3, 0.4) is 0 Å². The first-order valence-corrected chi connectivity index (χ1v) is 13.8. The predicted molar refractivity (Wildman–Crippen MR) is 163 cm³/mol. The third-order valence-corrected chi connectivity index (χ3v) is 7.64. The maximum atomic E-state index is 13.5. The fraction of sp³-hybridized carbons (Fsp3) is 0.147. The summed E-state index contributed by atoms with van der Waals surface area (Å²) in [6.45, 7) is 0.504. The number of hydrogen-bond acceptors (Lipinski definition) is 8. The number of amides is 2. The van der Waals surface area contributed by atoms with Crippen molar-refractivity contribution in [3.63, 3.8) is 0 Å². The number of fused-ring (bicyclic) bond motifs is 1. The smallest absolute Gasteiger partial charge is 0.259 e. The van der Waals surface area contributed by atoms with Gasteiger partial charge in [0.2, 0.25) is 0 Å². The van der Waals surface area contributed by atoms with Gasteiger partial charge in [0.05, 0.1) is 37.0 Å². The summed E-state index contributed by atoms with van der Waals surface area (Å²) < 4.78 is 17.1. The number of pyridine rings is 3. The summed E-state index contributed by atoms with van der Waals surface area (Å²) in [6, 6.07) is 22.3. The Morgan fingerprint density at radius 3 is 2.39 bits per heavy atom. The van der Waals surface area contributed by atoms with Gasteiger partial charge in [-0.05, 0) is 47.5 Å². The standard InChI is InChI=1S/C34H29N5O5/c1-42-29-15-25-27(16-30(29)43-2)37-14-12-28(25)44-24-10-11-31(38-19-24)34(23-9-6-13-36-18-23)17-26(32(35)40)33(41)39(21-34)20-22-7-4-3-5-8-22/h3-19H,20-21H2,1-2H3,(H2,35,40). The molecule has 5 aromatic rings. The van der Waals surface area contributed by atoms with E-state index in [2.05, 4.69) is 9.97 Å². The molecule has 2 aromatic carbocycles. The van der Waals surface area contributed by atoms with Crippen molar-refractivity contribution < 1.29 is 23.8 Å². The zero-order valence-electron chi connectivity index (χ0n) is 24.1. The van der Waals surface area contributed by atoms with Crippen LogP contribution in [0.25, 0.3) is 10.9 Å². The van der Waals surface area contributed by atoms with E-state index in [-0.39, 0.29) is 18.7 Å². The molecule has 2 N–H and O–H groups in total. The van der Waals surface area contributed by atoms with Crippen molar-refractivity contribution in [1.82, 2.24) is 19.9 Å². The predicted octanol–water partition coefficient (Wildman–Crippen LogP) is 4.57. The molecule has 4 heterocycles. The second kappa shape index (κ2) is 11.8. The number of hydrogen-bond donors (Lipinski definition) is 1. The zero-order valence-corrected chi connectivity index (χ0v) is 24.1. The van der Waals surface area contributed by atoms with Gasteiger partial charge in [-0.15, -0.1) is 0 Å². The lowest BCUT2D eigenvalue weighted by Gasteiger charge is -2.40. The topological polar surface area (TPSA) is 130 Å². The molecule has 1 atom stereocenters. The summed E-state index contributed by atoms with van der Waals surface area (Å²) in [7, 11) is 3.14. The van der Waals surface area contributed by atoms with Gasteiger partial charge < -0.3 is 24.8 Å². The van der Waals surface area contributed by atoms with Crippen LogP contribution >= 0.6 is 0 Å². The number of carbonyl (C=O) groups is 2. The van der Waals surface area contributed by atoms with E-state index in [1.165, 1.54) is 0 Å². The number of aromatic nitrogens is 3. The number of nitrogens with zero attached hydrogens (tertiary/aromatic N) is 4. The van der Waals surface area contributed by atoms with Crippen LogP contribution < -0.4 is 19.9 Å². The number of rotatable bonds is 9. The molecule has 10 heteroatoms. The third-order valence-electron chi connectivity index (χ3n) is 7.64. The van der Waals surface area contributed by atoms with Crippen molar-refractivity contribution in [2.75, 3.05) is 20.8 Å². The molecule has 0 spiro atoms. The highest BCUT2D eigenvalue weighted by atomic mass is 16.5. The molecule has 220 valence electrons. The monoisotopic (exact) mass is 587 g/mol. The molecule has 3 aromatic heterocycles. The molecular weight excluding hydrogens is 558 g/mol. The average molecular weight is 588 g/mol. The lowest BCUT2D eigenvalue weighted by molar-refractivity contribution is -0.131. The summed E-state index contributed by atoms with van der Waals surface area (Å²) in [5, 5.41) is 0.734. The van der Waals surface area contributed by atoms with E-state index in [9.17, 15) is 9.59 Å². The molecule has 1 aliphatic rings. The second-order valence-electron chi connectivity index (χ2n) is 10.3. The number of ether oxygens (including phenoxy) is 3. The minimum absolute atomic E-state index is 0.106. The molecule has 2 amide bonds. The van der Waals surface area contributed by atoms with Crippen molar-refractivity contribution in [1.29, 1.82) is 0 Å². The quantitative estimate of drug-likeness (QED) is 0.248. The van der Waals surface area contributed by atoms with Crippen LogP contribution in [-0.2, 0) is 21.5 Å². The Balaban J connectivity index is 1.40. The SMILES string of the molecule is COc1cc2nccc(Oc3ccc(C4(c5cccnc5)C=C(C(N)=O)C(=O)N(Cc5ccccc5)C4)nc3)c2cc1OC. The number of carbonyl (C=O) groups excluding carboxylic acids is 2. The molecule has 0 saturated carbocycles. The second-order valence-corrected chi connectivity index (χ2v) is 10.3. The summed E-state index contributed by atoms with van der Waals surface area (Å²) >= 11 is 0. The van der Waals surface area contributed by atoms with Gasteiger partial charge in [-0.25, -0.2) is 0 Å². The fourth-order valence-electron chi connectivity index (χ4n) is 5.48. The Kier molecular flexibility index (Phi) is 7.63. The molecule has 6 rings (SSSR count). The van der Waals surface area contributed by atoms with Gasteiger partial charge in [0.25, 0.3) is 11.8 Å². The average Bonchev–Trinajstić information content (AvgIpc) is 3.06. The molecule has 0 radical (unpaired) electrons. The van der Waals surface area contributed by atoms with Gasteiger partial charge >= 0.3 is 0 Å². The summed E-state index contributed by atoms with van der Waals surface area (Å²) in [5.74, 6) is 0.904. The summed E-state index contributed by atoms with van der Waals surface area (Å²) in [5.41, 5.74) is 7.58. The van der Waals surface area contributed by atoms with E-state index in [0.29, 0.717) is 34.2 Å². The highest BCUT2D eigenvalue weighted by Gasteiger charge is 2.44. The maximum Gasteiger partial charge on any atom is 0.259 e. The van der Waals surface area contributed by atoms with Crippen molar-refractivity contribution >= 4 is 22.7 Å². The van der Waals surface area contributed by atoms with Crippen molar-refractivity contribution in [3.05, 3.63) is 126 Å². The number of nitrogens with two attached hydrogens (primary N) is 1. The molecule has 0 fully saturated rings. The fourth-order valence-corrected chi connectivity index (χ4v) is 5.48. The van der Waals surface area contributed by atoms with Crippen molar-refractivity contribution in [2.24, 2.45) is 5.73 Å². The number of methoxy groups -OCH3 is 2. The number of primary amides is 1. The van der Waals surface area contributed by atoms with E-state index < -0.39 is 17.2 Å². The maximum absolute atomic E-state index is 13.5. The number of benzene rings is 2. The first kappa shape index (κ1) is 28.4. The molecular formula is C34H29N5O5. The third kappa shape index (κ3) is 5.29. The van der Waals surface area contributed by atoms with Gasteiger partial charge in [0, 0.05) is 43.1 Å². The first-order valence-electron chi connectivity index (χ1n) is 13.8. The van der Waals surface area contributed by atoms with Crippen molar-refractivity contribution in [3.8, 4) is 23.0 Å². The molecule has 1 aliphatic heterocycles. The van der Waals surface area contributed by atoms with E-state index >= 15 is 0 Å². The Hall–Kier alpha value is -5.77. The highest BCUT2D eigenvalue weighted by molar-refractivity contribution is 6.18. The van der Waals surface area contributed by atoms with Crippen LogP contribution in [0.2, 0.25) is 0 Å². The zero-order chi connectivity index (χ0) is 30.7. The first-order chi connectivity index (χ1) is 21.4. The minimum atomic E-state index is -1.01. The highest BCUT2D eigenvalue weighted by Crippen LogP contribution is 2.40. The Labute approximate surface area is 253 Å². The van der Waals surface area contributed by atoms with Crippen LogP contribution in [0.15, 0.2) is 109 Å². The van der Waals surface area contributed by atoms with Crippen LogP contribution in [-0.4, -0.2) is 52.4 Å². The molecule has 0 saturated heterocycles. The molecule has 44 heavy (non-hydrogen) atoms. The molecule has 0 aliphatic carbocycles. The van der Waals surface area contributed by atoms with Gasteiger partial charge in [-0.3, -0.25) is 24.5 Å². The lowest BCUT2D eigenvalue weighted by Crippen LogP contribution is -2.50. The van der Waals surface area contributed by atoms with Crippen LogP contribution in [0, 0.1) is 0 Å². The van der Waals surface area contributed by atoms with Gasteiger partial charge in [0.15, 0.2) is 11.5 Å². The van der Waals surface area contributed by atoms with E-state index in [1.54, 1.807) is 68.2 Å².